The van der Waals surface area contributed by atoms with E-state index in [0.29, 0.717) is 17.4 Å². The summed E-state index contributed by atoms with van der Waals surface area (Å²) in [5.74, 6) is 1.46. The third-order valence-electron chi connectivity index (χ3n) is 3.13. The largest absolute Gasteiger partial charge is 0.493 e. The van der Waals surface area contributed by atoms with Crippen molar-refractivity contribution in [3.05, 3.63) is 52.5 Å². The van der Waals surface area contributed by atoms with Gasteiger partial charge in [0.1, 0.15) is 0 Å². The lowest BCUT2D eigenvalue weighted by Gasteiger charge is -2.15. The molecule has 0 aliphatic heterocycles. The normalized spacial score (nSPS) is 10.4. The van der Waals surface area contributed by atoms with E-state index in [9.17, 15) is 0 Å². The first kappa shape index (κ1) is 18.5. The number of hydrogen-bond acceptors (Lipinski definition) is 3. The SMILES string of the molecule is COc1cc(CNC(=S)Nc2cccc(Br)c2)ccc1OC(C)C. The number of methoxy groups -OCH3 is 1. The van der Waals surface area contributed by atoms with Crippen LogP contribution < -0.4 is 20.1 Å². The maximum absolute atomic E-state index is 5.72. The Hall–Kier alpha value is -1.79. The third kappa shape index (κ3) is 5.69. The van der Waals surface area contributed by atoms with Crippen molar-refractivity contribution in [3.63, 3.8) is 0 Å². The van der Waals surface area contributed by atoms with Crippen LogP contribution in [0.3, 0.4) is 0 Å². The first-order valence-electron chi connectivity index (χ1n) is 7.62. The first-order valence-corrected chi connectivity index (χ1v) is 8.82. The number of anilines is 1. The standard InChI is InChI=1S/C18H21BrN2O2S/c1-12(2)23-16-8-7-13(9-17(16)22-3)11-20-18(24)21-15-6-4-5-14(19)10-15/h4-10,12H,11H2,1-3H3,(H2,20,21,24). The summed E-state index contributed by atoms with van der Waals surface area (Å²) in [5, 5.41) is 6.90. The van der Waals surface area contributed by atoms with Gasteiger partial charge >= 0.3 is 0 Å². The van der Waals surface area contributed by atoms with Gasteiger partial charge in [0.2, 0.25) is 0 Å². The quantitative estimate of drug-likeness (QED) is 0.676. The van der Waals surface area contributed by atoms with Crippen LogP contribution in [0.2, 0.25) is 0 Å². The van der Waals surface area contributed by atoms with Gasteiger partial charge in [-0.2, -0.15) is 0 Å². The van der Waals surface area contributed by atoms with E-state index in [1.54, 1.807) is 7.11 Å². The second-order valence-corrected chi connectivity index (χ2v) is 6.79. The molecule has 0 radical (unpaired) electrons. The fourth-order valence-electron chi connectivity index (χ4n) is 2.10. The average Bonchev–Trinajstić information content (AvgIpc) is 2.53. The van der Waals surface area contributed by atoms with E-state index in [2.05, 4.69) is 26.6 Å². The zero-order valence-electron chi connectivity index (χ0n) is 13.9. The molecule has 0 saturated carbocycles. The van der Waals surface area contributed by atoms with Crippen LogP contribution in [0.15, 0.2) is 46.9 Å². The van der Waals surface area contributed by atoms with Crippen LogP contribution >= 0.6 is 28.1 Å². The van der Waals surface area contributed by atoms with E-state index in [1.165, 1.54) is 0 Å². The highest BCUT2D eigenvalue weighted by Gasteiger charge is 2.08. The van der Waals surface area contributed by atoms with E-state index >= 15 is 0 Å². The molecule has 0 unspecified atom stereocenters. The lowest BCUT2D eigenvalue weighted by molar-refractivity contribution is 0.230. The molecule has 0 spiro atoms. The molecule has 0 aliphatic carbocycles. The number of thiocarbonyl (C=S) groups is 1. The van der Waals surface area contributed by atoms with Crippen LogP contribution in [0.5, 0.6) is 11.5 Å². The summed E-state index contributed by atoms with van der Waals surface area (Å²) in [6, 6.07) is 13.7. The topological polar surface area (TPSA) is 42.5 Å². The maximum atomic E-state index is 5.72. The zero-order valence-corrected chi connectivity index (χ0v) is 16.3. The fraction of sp³-hybridized carbons (Fsp3) is 0.278. The summed E-state index contributed by atoms with van der Waals surface area (Å²) < 4.78 is 12.1. The Labute approximate surface area is 156 Å². The predicted molar refractivity (Wildman–Crippen MR) is 106 cm³/mol. The van der Waals surface area contributed by atoms with Crippen molar-refractivity contribution in [2.45, 2.75) is 26.5 Å². The fourth-order valence-corrected chi connectivity index (χ4v) is 2.69. The van der Waals surface area contributed by atoms with E-state index in [1.807, 2.05) is 56.3 Å². The molecule has 0 bridgehead atoms. The van der Waals surface area contributed by atoms with E-state index in [0.717, 1.165) is 21.5 Å². The molecule has 6 heteroatoms. The van der Waals surface area contributed by atoms with Gasteiger partial charge < -0.3 is 20.1 Å². The van der Waals surface area contributed by atoms with Crippen LogP contribution in [0, 0.1) is 0 Å². The Morgan fingerprint density at radius 3 is 2.62 bits per heavy atom. The molecule has 2 rings (SSSR count). The van der Waals surface area contributed by atoms with Crippen LogP contribution in [-0.4, -0.2) is 18.3 Å². The monoisotopic (exact) mass is 408 g/mol. The summed E-state index contributed by atoms with van der Waals surface area (Å²) in [5.41, 5.74) is 1.99. The average molecular weight is 409 g/mol. The van der Waals surface area contributed by atoms with Gasteiger partial charge in [-0.25, -0.2) is 0 Å². The molecule has 2 aromatic carbocycles. The highest BCUT2D eigenvalue weighted by molar-refractivity contribution is 9.10. The lowest BCUT2D eigenvalue weighted by atomic mass is 10.2. The molecule has 24 heavy (non-hydrogen) atoms. The summed E-state index contributed by atoms with van der Waals surface area (Å²) >= 11 is 8.77. The second-order valence-electron chi connectivity index (χ2n) is 5.47. The number of ether oxygens (including phenoxy) is 2. The summed E-state index contributed by atoms with van der Waals surface area (Å²) in [6.45, 7) is 4.57. The molecule has 2 aromatic rings. The first-order chi connectivity index (χ1) is 11.5. The minimum absolute atomic E-state index is 0.102. The molecule has 4 nitrogen and oxygen atoms in total. The lowest BCUT2D eigenvalue weighted by Crippen LogP contribution is -2.27. The highest BCUT2D eigenvalue weighted by Crippen LogP contribution is 2.28. The zero-order chi connectivity index (χ0) is 17.5. The number of nitrogens with one attached hydrogen (secondary N) is 2. The Kier molecular flexibility index (Phi) is 6.87. The van der Waals surface area contributed by atoms with Gasteiger partial charge in [-0.1, -0.05) is 28.1 Å². The van der Waals surface area contributed by atoms with Crippen LogP contribution in [0.1, 0.15) is 19.4 Å². The van der Waals surface area contributed by atoms with Crippen molar-refractivity contribution in [1.82, 2.24) is 5.32 Å². The Morgan fingerprint density at radius 1 is 1.17 bits per heavy atom. The molecule has 2 N–H and O–H groups in total. The molecule has 0 heterocycles. The number of hydrogen-bond donors (Lipinski definition) is 2. The number of rotatable bonds is 6. The van der Waals surface area contributed by atoms with Gasteiger partial charge in [-0.3, -0.25) is 0 Å². The van der Waals surface area contributed by atoms with Crippen molar-refractivity contribution in [3.8, 4) is 11.5 Å². The van der Waals surface area contributed by atoms with Gasteiger partial charge in [0, 0.05) is 16.7 Å². The van der Waals surface area contributed by atoms with Gasteiger partial charge in [0.25, 0.3) is 0 Å². The van der Waals surface area contributed by atoms with Crippen molar-refractivity contribution in [2.24, 2.45) is 0 Å². The van der Waals surface area contributed by atoms with Gasteiger partial charge in [0.05, 0.1) is 13.2 Å². The molecule has 0 aromatic heterocycles. The number of halogens is 1. The Bertz CT molecular complexity index is 707. The second kappa shape index (κ2) is 8.89. The summed E-state index contributed by atoms with van der Waals surface area (Å²) in [7, 11) is 1.64. The smallest absolute Gasteiger partial charge is 0.171 e. The Morgan fingerprint density at radius 2 is 1.96 bits per heavy atom. The molecule has 0 fully saturated rings. The minimum atomic E-state index is 0.102. The van der Waals surface area contributed by atoms with E-state index < -0.39 is 0 Å². The predicted octanol–water partition coefficient (Wildman–Crippen LogP) is 4.73. The van der Waals surface area contributed by atoms with Gasteiger partial charge in [0.15, 0.2) is 16.6 Å². The van der Waals surface area contributed by atoms with Gasteiger partial charge in [-0.05, 0) is 62.0 Å². The van der Waals surface area contributed by atoms with Crippen LogP contribution in [-0.2, 0) is 6.54 Å². The van der Waals surface area contributed by atoms with Crippen molar-refractivity contribution >= 4 is 38.9 Å². The summed E-state index contributed by atoms with van der Waals surface area (Å²) in [6.07, 6.45) is 0.102. The molecule has 0 atom stereocenters. The summed E-state index contributed by atoms with van der Waals surface area (Å²) in [4.78, 5) is 0. The van der Waals surface area contributed by atoms with Crippen molar-refractivity contribution < 1.29 is 9.47 Å². The minimum Gasteiger partial charge on any atom is -0.493 e. The van der Waals surface area contributed by atoms with Gasteiger partial charge in [-0.15, -0.1) is 0 Å². The van der Waals surface area contributed by atoms with Crippen molar-refractivity contribution in [2.75, 3.05) is 12.4 Å². The molecule has 0 saturated heterocycles. The van der Waals surface area contributed by atoms with E-state index in [4.69, 9.17) is 21.7 Å². The molecular weight excluding hydrogens is 388 g/mol. The molecule has 0 aliphatic rings. The third-order valence-corrected chi connectivity index (χ3v) is 3.87. The van der Waals surface area contributed by atoms with Crippen LogP contribution in [0.25, 0.3) is 0 Å². The van der Waals surface area contributed by atoms with E-state index in [-0.39, 0.29) is 6.10 Å². The Balaban J connectivity index is 1.94. The highest BCUT2D eigenvalue weighted by atomic mass is 79.9. The molecule has 0 amide bonds. The van der Waals surface area contributed by atoms with Crippen LogP contribution in [0.4, 0.5) is 5.69 Å². The number of benzene rings is 2. The maximum Gasteiger partial charge on any atom is 0.171 e. The van der Waals surface area contributed by atoms with Crippen molar-refractivity contribution in [1.29, 1.82) is 0 Å². The molecular formula is C18H21BrN2O2S. The molecule has 128 valence electrons.